The van der Waals surface area contributed by atoms with E-state index in [1.54, 1.807) is 6.07 Å². The number of hydrogen-bond acceptors (Lipinski definition) is 7. The van der Waals surface area contributed by atoms with Crippen molar-refractivity contribution in [3.63, 3.8) is 0 Å². The van der Waals surface area contributed by atoms with E-state index >= 15 is 0 Å². The Kier molecular flexibility index (Phi) is 6.88. The van der Waals surface area contributed by atoms with Gasteiger partial charge in [0, 0.05) is 11.8 Å². The van der Waals surface area contributed by atoms with Gasteiger partial charge in [-0.3, -0.25) is 0 Å². The van der Waals surface area contributed by atoms with Crippen LogP contribution in [0, 0.1) is 0 Å². The fourth-order valence-electron chi connectivity index (χ4n) is 1.88. The number of rotatable bonds is 8. The van der Waals surface area contributed by atoms with Crippen LogP contribution >= 0.6 is 6.72 Å². The van der Waals surface area contributed by atoms with E-state index in [4.69, 9.17) is 28.1 Å². The number of hydrogen-bond donors (Lipinski definition) is 3. The molecule has 0 aliphatic carbocycles. The molecule has 0 aromatic heterocycles. The van der Waals surface area contributed by atoms with Crippen LogP contribution in [0.5, 0.6) is 11.5 Å². The number of phenols is 1. The second-order valence-electron chi connectivity index (χ2n) is 4.35. The predicted octanol–water partition coefficient (Wildman–Crippen LogP) is 2.68. The van der Waals surface area contributed by atoms with E-state index in [-0.39, 0.29) is 11.5 Å². The lowest BCUT2D eigenvalue weighted by molar-refractivity contribution is 0.207. The van der Waals surface area contributed by atoms with Crippen LogP contribution in [0.3, 0.4) is 0 Å². The second kappa shape index (κ2) is 7.93. The number of nitrogens with two attached hydrogens (primary N) is 2. The molecule has 0 saturated heterocycles. The molecule has 1 aromatic rings. The molecule has 5 N–H and O–H groups in total. The molecule has 0 atom stereocenters. The summed E-state index contributed by atoms with van der Waals surface area (Å²) in [6.45, 7) is 0.825. The van der Waals surface area contributed by atoms with Crippen LogP contribution in [0.1, 0.15) is 37.8 Å². The van der Waals surface area contributed by atoms with Gasteiger partial charge in [-0.05, 0) is 30.0 Å². The monoisotopic (exact) mass is 320 g/mol. The quantitative estimate of drug-likeness (QED) is 0.500. The Morgan fingerprint density at radius 1 is 1.15 bits per heavy atom. The molecule has 114 valence electrons. The van der Waals surface area contributed by atoms with Gasteiger partial charge < -0.3 is 9.63 Å². The number of aryl methyl sites for hydroxylation is 2. The summed E-state index contributed by atoms with van der Waals surface area (Å²) in [5, 5.41) is 10.2. The fraction of sp³-hybridized carbons (Fsp3) is 0.500. The fourth-order valence-corrected chi connectivity index (χ4v) is 2.64. The standard InChI is InChI=1S/C12H21N2O4PS/c1-3-5-9-7-10(6-4-2)12(15)11(8-9)16-19(20,17-13)18-14/h7-8,15H,3-6,13-14H2,1-2H3. The van der Waals surface area contributed by atoms with Crippen LogP contribution < -0.4 is 16.3 Å². The van der Waals surface area contributed by atoms with Crippen molar-refractivity contribution in [2.75, 3.05) is 0 Å². The van der Waals surface area contributed by atoms with Gasteiger partial charge in [0.2, 0.25) is 0 Å². The second-order valence-corrected chi connectivity index (χ2v) is 7.19. The van der Waals surface area contributed by atoms with Crippen molar-refractivity contribution in [3.05, 3.63) is 23.3 Å². The molecular formula is C12H21N2O4PS. The van der Waals surface area contributed by atoms with Crippen LogP contribution in [0.25, 0.3) is 0 Å². The number of phenolic OH excluding ortho intramolecular Hbond substituents is 1. The highest BCUT2D eigenvalue weighted by Gasteiger charge is 2.23. The van der Waals surface area contributed by atoms with Crippen molar-refractivity contribution >= 4 is 18.5 Å². The maximum atomic E-state index is 10.2. The van der Waals surface area contributed by atoms with Crippen LogP contribution in [0.2, 0.25) is 0 Å². The molecule has 0 amide bonds. The van der Waals surface area contributed by atoms with Gasteiger partial charge in [-0.15, -0.1) is 0 Å². The van der Waals surface area contributed by atoms with E-state index in [1.165, 1.54) is 0 Å². The van der Waals surface area contributed by atoms with Gasteiger partial charge >= 0.3 is 6.72 Å². The van der Waals surface area contributed by atoms with E-state index in [0.717, 1.165) is 36.8 Å². The molecule has 8 heteroatoms. The van der Waals surface area contributed by atoms with Gasteiger partial charge in [-0.2, -0.15) is 0 Å². The van der Waals surface area contributed by atoms with E-state index in [2.05, 4.69) is 16.2 Å². The van der Waals surface area contributed by atoms with Gasteiger partial charge in [-0.25, -0.2) is 21.0 Å². The minimum atomic E-state index is -3.28. The molecule has 0 heterocycles. The largest absolute Gasteiger partial charge is 0.504 e. The Morgan fingerprint density at radius 2 is 1.75 bits per heavy atom. The summed E-state index contributed by atoms with van der Waals surface area (Å²) in [6.07, 6.45) is 3.47. The Morgan fingerprint density at radius 3 is 2.25 bits per heavy atom. The molecule has 1 aromatic carbocycles. The minimum absolute atomic E-state index is 0.0232. The first-order chi connectivity index (χ1) is 9.49. The molecule has 0 aliphatic rings. The Labute approximate surface area is 124 Å². The summed E-state index contributed by atoms with van der Waals surface area (Å²) in [7, 11) is 0. The van der Waals surface area contributed by atoms with Crippen molar-refractivity contribution < 1.29 is 18.9 Å². The topological polar surface area (TPSA) is 100.0 Å². The van der Waals surface area contributed by atoms with Gasteiger partial charge in [0.05, 0.1) is 0 Å². The first kappa shape index (κ1) is 17.4. The van der Waals surface area contributed by atoms with E-state index in [9.17, 15) is 5.11 Å². The first-order valence-corrected chi connectivity index (χ1v) is 8.96. The summed E-state index contributed by atoms with van der Waals surface area (Å²) in [5.41, 5.74) is 1.84. The maximum Gasteiger partial charge on any atom is 0.414 e. The van der Waals surface area contributed by atoms with Crippen molar-refractivity contribution in [1.82, 2.24) is 0 Å². The van der Waals surface area contributed by atoms with Crippen molar-refractivity contribution in [2.24, 2.45) is 11.8 Å². The third-order valence-corrected chi connectivity index (χ3v) is 4.42. The van der Waals surface area contributed by atoms with E-state index in [1.807, 2.05) is 13.0 Å². The lowest BCUT2D eigenvalue weighted by Gasteiger charge is -2.19. The van der Waals surface area contributed by atoms with Crippen LogP contribution in [-0.4, -0.2) is 5.11 Å². The zero-order valence-electron chi connectivity index (χ0n) is 11.7. The van der Waals surface area contributed by atoms with Crippen molar-refractivity contribution in [2.45, 2.75) is 39.5 Å². The molecular weight excluding hydrogens is 299 g/mol. The lowest BCUT2D eigenvalue weighted by atomic mass is 10.0. The zero-order valence-corrected chi connectivity index (χ0v) is 13.4. The zero-order chi connectivity index (χ0) is 15.2. The molecule has 0 aliphatic heterocycles. The maximum absolute atomic E-state index is 10.2. The minimum Gasteiger partial charge on any atom is -0.504 e. The Balaban J connectivity index is 3.19. The molecule has 6 nitrogen and oxygen atoms in total. The Bertz CT molecular complexity index is 491. The summed E-state index contributed by atoms with van der Waals surface area (Å²) in [4.78, 5) is 0. The number of aromatic hydroxyl groups is 1. The molecule has 20 heavy (non-hydrogen) atoms. The average molecular weight is 320 g/mol. The summed E-state index contributed by atoms with van der Waals surface area (Å²) < 4.78 is 14.4. The molecule has 1 rings (SSSR count). The van der Waals surface area contributed by atoms with Crippen LogP contribution in [-0.2, 0) is 33.9 Å². The van der Waals surface area contributed by atoms with Gasteiger partial charge in [0.25, 0.3) is 0 Å². The molecule has 0 radical (unpaired) electrons. The smallest absolute Gasteiger partial charge is 0.414 e. The lowest BCUT2D eigenvalue weighted by Crippen LogP contribution is -2.10. The summed E-state index contributed by atoms with van der Waals surface area (Å²) >= 11 is 4.95. The normalized spacial score (nSPS) is 11.6. The van der Waals surface area contributed by atoms with Crippen molar-refractivity contribution in [3.8, 4) is 11.5 Å². The number of benzene rings is 1. The molecule has 0 fully saturated rings. The molecule has 0 bridgehead atoms. The Hall–Kier alpha value is -0.690. The van der Waals surface area contributed by atoms with Gasteiger partial charge in [0.15, 0.2) is 11.5 Å². The highest BCUT2D eigenvalue weighted by atomic mass is 32.5. The third kappa shape index (κ3) is 4.41. The van der Waals surface area contributed by atoms with Crippen LogP contribution in [0.15, 0.2) is 12.1 Å². The van der Waals surface area contributed by atoms with Crippen LogP contribution in [0.4, 0.5) is 0 Å². The molecule has 0 unspecified atom stereocenters. The van der Waals surface area contributed by atoms with Crippen molar-refractivity contribution in [1.29, 1.82) is 0 Å². The highest BCUT2D eigenvalue weighted by Crippen LogP contribution is 2.49. The summed E-state index contributed by atoms with van der Waals surface area (Å²) in [5.74, 6) is 10.3. The molecule has 0 saturated carbocycles. The molecule has 0 spiro atoms. The first-order valence-electron chi connectivity index (χ1n) is 6.41. The van der Waals surface area contributed by atoms with Gasteiger partial charge in [-0.1, -0.05) is 32.8 Å². The predicted molar refractivity (Wildman–Crippen MR) is 81.6 cm³/mol. The van der Waals surface area contributed by atoms with E-state index in [0.29, 0.717) is 0 Å². The highest BCUT2D eigenvalue weighted by molar-refractivity contribution is 8.07. The van der Waals surface area contributed by atoms with Gasteiger partial charge in [0.1, 0.15) is 0 Å². The SMILES string of the molecule is CCCc1cc(CCC)c(O)c(OP(=S)(ON)ON)c1. The summed E-state index contributed by atoms with van der Waals surface area (Å²) in [6, 6.07) is 3.67. The average Bonchev–Trinajstić information content (AvgIpc) is 2.44. The van der Waals surface area contributed by atoms with E-state index < -0.39 is 6.72 Å². The third-order valence-electron chi connectivity index (χ3n) is 2.74.